The van der Waals surface area contributed by atoms with Gasteiger partial charge in [-0.05, 0) is 26.8 Å². The molecule has 0 saturated carbocycles. The van der Waals surface area contributed by atoms with E-state index in [-0.39, 0.29) is 13.1 Å². The molecule has 0 unspecified atom stereocenters. The molecule has 176 valence electrons. The van der Waals surface area contributed by atoms with Gasteiger partial charge in [-0.3, -0.25) is 4.55 Å². The Hall–Kier alpha value is -1.62. The zero-order chi connectivity index (χ0) is 23.5. The second kappa shape index (κ2) is 9.25. The van der Waals surface area contributed by atoms with Gasteiger partial charge in [0.05, 0.1) is 0 Å². The van der Waals surface area contributed by atoms with Crippen LogP contribution in [0.1, 0.15) is 20.8 Å². The third-order valence-corrected chi connectivity index (χ3v) is 6.16. The normalized spacial score (nSPS) is 19.5. The molecule has 30 heavy (non-hydrogen) atoms. The van der Waals surface area contributed by atoms with Gasteiger partial charge >= 0.3 is 31.9 Å². The Labute approximate surface area is 173 Å². The van der Waals surface area contributed by atoms with Crippen LogP contribution in [0.4, 0.5) is 18.0 Å². The van der Waals surface area contributed by atoms with Gasteiger partial charge in [-0.1, -0.05) is 0 Å². The molecule has 0 bridgehead atoms. The van der Waals surface area contributed by atoms with Crippen LogP contribution in [-0.4, -0.2) is 97.0 Å². The van der Waals surface area contributed by atoms with E-state index in [9.17, 15) is 26.4 Å². The average Bonchev–Trinajstić information content (AvgIpc) is 2.99. The van der Waals surface area contributed by atoms with Crippen molar-refractivity contribution in [2.24, 2.45) is 0 Å². The summed E-state index contributed by atoms with van der Waals surface area (Å²) in [6.45, 7) is 7.17. The van der Waals surface area contributed by atoms with E-state index in [4.69, 9.17) is 17.7 Å². The molecule has 0 spiro atoms. The summed E-state index contributed by atoms with van der Waals surface area (Å²) in [7, 11) is -7.69. The summed E-state index contributed by atoms with van der Waals surface area (Å²) in [4.78, 5) is 13.5. The van der Waals surface area contributed by atoms with Crippen molar-refractivity contribution in [1.29, 1.82) is 0 Å². The molecule has 2 aliphatic rings. The number of likely N-dealkylation sites (N-methyl/N-ethyl adjacent to an activating group) is 1. The number of nitrogens with zero attached hydrogens (tertiary/aromatic N) is 4. The maximum absolute atomic E-state index is 12.5. The van der Waals surface area contributed by atoms with E-state index < -0.39 is 37.5 Å². The fourth-order valence-corrected chi connectivity index (χ4v) is 3.80. The smallest absolute Gasteiger partial charge is 0.444 e. The number of alkyl halides is 3. The summed E-state index contributed by atoms with van der Waals surface area (Å²) in [5.41, 5.74) is -6.09. The lowest BCUT2D eigenvalue weighted by atomic mass is 10.2. The standard InChI is InChI=1S/C13H24N4O4S.CHF3O3S/c1-13(2,3)21-12(18)15-8-10-16(11-9-15)22(19,20)17-7-5-6-14(17)4;2-1(3,4)8(5,6)7/h5,7H,6,8-11H2,1-4H3;(H,5,6,7). The van der Waals surface area contributed by atoms with Crippen molar-refractivity contribution >= 4 is 26.4 Å². The van der Waals surface area contributed by atoms with Crippen LogP contribution in [0.25, 0.3) is 0 Å². The highest BCUT2D eigenvalue weighted by atomic mass is 32.2. The van der Waals surface area contributed by atoms with E-state index >= 15 is 0 Å². The minimum Gasteiger partial charge on any atom is -0.444 e. The summed E-state index contributed by atoms with van der Waals surface area (Å²) < 4.78 is 90.5. The molecule has 0 aromatic rings. The first-order valence-corrected chi connectivity index (χ1v) is 11.4. The van der Waals surface area contributed by atoms with Crippen molar-refractivity contribution in [3.05, 3.63) is 12.3 Å². The number of hydrazine groups is 1. The molecule has 0 aromatic carbocycles. The van der Waals surface area contributed by atoms with Gasteiger partial charge < -0.3 is 9.64 Å². The molecular formula is C14H25F3N4O7S2. The van der Waals surface area contributed by atoms with Crippen LogP contribution in [0.15, 0.2) is 12.3 Å². The predicted molar refractivity (Wildman–Crippen MR) is 99.5 cm³/mol. The van der Waals surface area contributed by atoms with Gasteiger partial charge in [0.1, 0.15) is 5.60 Å². The second-order valence-electron chi connectivity index (χ2n) is 7.29. The second-order valence-corrected chi connectivity index (χ2v) is 10.5. The van der Waals surface area contributed by atoms with Crippen LogP contribution in [0.3, 0.4) is 0 Å². The minimum atomic E-state index is -5.84. The van der Waals surface area contributed by atoms with Crippen LogP contribution in [0.5, 0.6) is 0 Å². The molecule has 0 aromatic heterocycles. The predicted octanol–water partition coefficient (Wildman–Crippen LogP) is 0.854. The van der Waals surface area contributed by atoms with E-state index in [2.05, 4.69) is 0 Å². The highest BCUT2D eigenvalue weighted by Crippen LogP contribution is 2.21. The molecule has 0 aliphatic carbocycles. The first-order chi connectivity index (χ1) is 13.4. The molecule has 0 radical (unpaired) electrons. The third-order valence-electron chi connectivity index (χ3n) is 3.68. The molecule has 1 fully saturated rings. The van der Waals surface area contributed by atoms with Crippen LogP contribution >= 0.6 is 0 Å². The van der Waals surface area contributed by atoms with Crippen LogP contribution < -0.4 is 0 Å². The average molecular weight is 483 g/mol. The first-order valence-electron chi connectivity index (χ1n) is 8.55. The number of carbonyl (C=O) groups excluding carboxylic acids is 1. The van der Waals surface area contributed by atoms with Crippen molar-refractivity contribution in [3.8, 4) is 0 Å². The summed E-state index contributed by atoms with van der Waals surface area (Å²) in [6.07, 6.45) is 2.94. The Morgan fingerprint density at radius 3 is 1.83 bits per heavy atom. The Morgan fingerprint density at radius 2 is 1.50 bits per heavy atom. The summed E-state index contributed by atoms with van der Waals surface area (Å²) in [6, 6.07) is 0. The Kier molecular flexibility index (Phi) is 8.15. The molecule has 1 N–H and O–H groups in total. The Bertz CT molecular complexity index is 846. The monoisotopic (exact) mass is 482 g/mol. The van der Waals surface area contributed by atoms with Gasteiger partial charge in [0.15, 0.2) is 0 Å². The van der Waals surface area contributed by atoms with Gasteiger partial charge in [-0.15, -0.1) is 0 Å². The number of hydrogen-bond acceptors (Lipinski definition) is 7. The molecular weight excluding hydrogens is 457 g/mol. The Morgan fingerprint density at radius 1 is 1.03 bits per heavy atom. The zero-order valence-corrected chi connectivity index (χ0v) is 18.5. The summed E-state index contributed by atoms with van der Waals surface area (Å²) in [5.74, 6) is 0. The SMILES string of the molecule is CN1CC=CN1S(=O)(=O)N1CCN(C(=O)OC(C)(C)C)CC1.O=S(=O)(O)C(F)(F)F. The fraction of sp³-hybridized carbons (Fsp3) is 0.786. The number of ether oxygens (including phenoxy) is 1. The third kappa shape index (κ3) is 7.26. The lowest BCUT2D eigenvalue weighted by Crippen LogP contribution is -2.55. The number of piperazine rings is 1. The van der Waals surface area contributed by atoms with Gasteiger partial charge in [0.2, 0.25) is 0 Å². The molecule has 2 rings (SSSR count). The van der Waals surface area contributed by atoms with E-state index in [1.807, 2.05) is 0 Å². The highest BCUT2D eigenvalue weighted by molar-refractivity contribution is 7.87. The maximum Gasteiger partial charge on any atom is 0.522 e. The highest BCUT2D eigenvalue weighted by Gasteiger charge is 2.44. The summed E-state index contributed by atoms with van der Waals surface area (Å²) in [5, 5.41) is 1.62. The van der Waals surface area contributed by atoms with Crippen molar-refractivity contribution < 1.29 is 44.1 Å². The van der Waals surface area contributed by atoms with Crippen molar-refractivity contribution in [1.82, 2.24) is 18.6 Å². The van der Waals surface area contributed by atoms with E-state index in [0.717, 1.165) is 0 Å². The lowest BCUT2D eigenvalue weighted by molar-refractivity contribution is -0.0510. The minimum absolute atomic E-state index is 0.264. The molecule has 11 nitrogen and oxygen atoms in total. The van der Waals surface area contributed by atoms with Gasteiger partial charge in [0, 0.05) is 46.0 Å². The molecule has 1 amide bonds. The van der Waals surface area contributed by atoms with Gasteiger partial charge in [-0.25, -0.2) is 9.80 Å². The molecule has 16 heteroatoms. The Balaban J connectivity index is 0.000000479. The van der Waals surface area contributed by atoms with Crippen molar-refractivity contribution in [2.45, 2.75) is 31.9 Å². The molecule has 2 aliphatic heterocycles. The number of carbonyl (C=O) groups is 1. The largest absolute Gasteiger partial charge is 0.522 e. The summed E-state index contributed by atoms with van der Waals surface area (Å²) >= 11 is 0. The van der Waals surface area contributed by atoms with Crippen LogP contribution in [0.2, 0.25) is 0 Å². The van der Waals surface area contributed by atoms with Gasteiger partial charge in [-0.2, -0.15) is 38.7 Å². The van der Waals surface area contributed by atoms with Gasteiger partial charge in [0.25, 0.3) is 0 Å². The molecule has 1 saturated heterocycles. The topological polar surface area (TPSA) is 128 Å². The quantitative estimate of drug-likeness (QED) is 0.453. The fourth-order valence-electron chi connectivity index (χ4n) is 2.28. The van der Waals surface area contributed by atoms with Crippen molar-refractivity contribution in [3.63, 3.8) is 0 Å². The molecule has 2 heterocycles. The van der Waals surface area contributed by atoms with E-state index in [0.29, 0.717) is 19.6 Å². The number of halogens is 3. The number of hydrogen-bond donors (Lipinski definition) is 1. The zero-order valence-electron chi connectivity index (χ0n) is 16.8. The number of amides is 1. The van der Waals surface area contributed by atoms with Crippen molar-refractivity contribution in [2.75, 3.05) is 39.8 Å². The molecule has 0 atom stereocenters. The van der Waals surface area contributed by atoms with Crippen LogP contribution in [0, 0.1) is 0 Å². The van der Waals surface area contributed by atoms with E-state index in [1.54, 1.807) is 50.0 Å². The maximum atomic E-state index is 12.5. The number of rotatable bonds is 2. The van der Waals surface area contributed by atoms with Crippen LogP contribution in [-0.2, 0) is 25.1 Å². The lowest BCUT2D eigenvalue weighted by Gasteiger charge is -2.37. The first kappa shape index (κ1) is 26.4. The van der Waals surface area contributed by atoms with E-state index in [1.165, 1.54) is 8.72 Å².